The van der Waals surface area contributed by atoms with Crippen molar-refractivity contribution in [2.75, 3.05) is 11.9 Å². The number of anilines is 1. The maximum atomic E-state index is 14.4. The number of hydrogen-bond donors (Lipinski definition) is 1. The fraction of sp³-hybridized carbons (Fsp3) is 0.167. The first-order valence-electron chi connectivity index (χ1n) is 19.3. The Hall–Kier alpha value is -6.90. The van der Waals surface area contributed by atoms with Gasteiger partial charge in [0.1, 0.15) is 18.2 Å². The molecule has 60 heavy (non-hydrogen) atoms. The molecule has 12 heteroatoms. The molecule has 7 aromatic rings. The number of hydrogen-bond acceptors (Lipinski definition) is 5. The van der Waals surface area contributed by atoms with Gasteiger partial charge in [-0.3, -0.25) is 9.69 Å². The summed E-state index contributed by atoms with van der Waals surface area (Å²) in [6.45, 7) is -0.747. The van der Waals surface area contributed by atoms with E-state index in [-0.39, 0.29) is 18.8 Å². The standard InChI is InChI=1S/C48H37ClF3N5O3/c49-41-24-21-33(29-53)27-39(41)34-22-25-42-40(28-34)44(54-45(58)35-23-26-43(48(50,51)52)56(30-35)46(59)60-31-32-13-5-1-6-14-32)55-57(42)47(36-15-7-2-8-16-36,37-17-9-3-10-18-37)38-19-11-4-12-20-38/h1-22,24-25,27-28,35,43H,23,26,30-31H2,(H,54,55,58)/t35-,43+/m1/s1. The van der Waals surface area contributed by atoms with Crippen molar-refractivity contribution in [1.29, 1.82) is 5.26 Å². The second-order valence-electron chi connectivity index (χ2n) is 14.6. The highest BCUT2D eigenvalue weighted by Gasteiger charge is 2.50. The minimum atomic E-state index is -4.74. The molecule has 1 N–H and O–H groups in total. The third kappa shape index (κ3) is 7.70. The molecule has 0 saturated carbocycles. The van der Waals surface area contributed by atoms with E-state index >= 15 is 0 Å². The second-order valence-corrected chi connectivity index (χ2v) is 15.0. The Kier molecular flexibility index (Phi) is 11.1. The molecule has 0 bridgehead atoms. The number of nitriles is 1. The number of benzene rings is 6. The predicted octanol–water partition coefficient (Wildman–Crippen LogP) is 11.0. The number of ether oxygens (including phenoxy) is 1. The van der Waals surface area contributed by atoms with Gasteiger partial charge < -0.3 is 10.1 Å². The Balaban J connectivity index is 1.25. The lowest BCUT2D eigenvalue weighted by Crippen LogP contribution is -2.55. The van der Waals surface area contributed by atoms with Crippen LogP contribution in [-0.2, 0) is 21.7 Å². The molecule has 1 saturated heterocycles. The van der Waals surface area contributed by atoms with E-state index in [9.17, 15) is 28.0 Å². The summed E-state index contributed by atoms with van der Waals surface area (Å²) in [6.07, 6.45) is -6.53. The molecule has 1 aliphatic rings. The molecule has 8 nitrogen and oxygen atoms in total. The normalized spacial score (nSPS) is 15.6. The van der Waals surface area contributed by atoms with Crippen LogP contribution in [-0.4, -0.2) is 45.4 Å². The quantitative estimate of drug-likeness (QED) is 0.146. The maximum absolute atomic E-state index is 14.4. The molecule has 0 unspecified atom stereocenters. The zero-order chi connectivity index (χ0) is 41.9. The van der Waals surface area contributed by atoms with Crippen molar-refractivity contribution in [3.63, 3.8) is 0 Å². The Labute approximate surface area is 349 Å². The molecule has 2 atom stereocenters. The van der Waals surface area contributed by atoms with E-state index in [1.165, 1.54) is 0 Å². The maximum Gasteiger partial charge on any atom is 0.410 e. The third-order valence-corrected chi connectivity index (χ3v) is 11.3. The van der Waals surface area contributed by atoms with Crippen LogP contribution in [0, 0.1) is 17.2 Å². The molecule has 2 amide bonds. The second kappa shape index (κ2) is 16.8. The van der Waals surface area contributed by atoms with Crippen molar-refractivity contribution in [1.82, 2.24) is 14.7 Å². The highest BCUT2D eigenvalue weighted by molar-refractivity contribution is 6.33. The van der Waals surface area contributed by atoms with Crippen LogP contribution < -0.4 is 5.32 Å². The molecule has 6 aromatic carbocycles. The number of fused-ring (bicyclic) bond motifs is 1. The number of rotatable bonds is 9. The summed E-state index contributed by atoms with van der Waals surface area (Å²) in [5.41, 5.74) is 4.35. The summed E-state index contributed by atoms with van der Waals surface area (Å²) in [5.74, 6) is -1.49. The van der Waals surface area contributed by atoms with Gasteiger partial charge in [-0.2, -0.15) is 23.5 Å². The van der Waals surface area contributed by atoms with Crippen LogP contribution in [0.1, 0.15) is 40.7 Å². The molecule has 300 valence electrons. The van der Waals surface area contributed by atoms with Gasteiger partial charge in [0.25, 0.3) is 0 Å². The molecule has 0 radical (unpaired) electrons. The van der Waals surface area contributed by atoms with Crippen molar-refractivity contribution >= 4 is 40.3 Å². The van der Waals surface area contributed by atoms with Crippen LogP contribution in [0.3, 0.4) is 0 Å². The van der Waals surface area contributed by atoms with E-state index < -0.39 is 48.6 Å². The number of piperidine rings is 1. The van der Waals surface area contributed by atoms with E-state index in [4.69, 9.17) is 21.4 Å². The molecule has 0 spiro atoms. The number of aromatic nitrogens is 2. The topological polar surface area (TPSA) is 100 Å². The Bertz CT molecular complexity index is 2590. The minimum Gasteiger partial charge on any atom is -0.445 e. The summed E-state index contributed by atoms with van der Waals surface area (Å²) >= 11 is 6.70. The zero-order valence-corrected chi connectivity index (χ0v) is 32.8. The van der Waals surface area contributed by atoms with Gasteiger partial charge in [0.2, 0.25) is 5.91 Å². The fourth-order valence-corrected chi connectivity index (χ4v) is 8.33. The van der Waals surface area contributed by atoms with Crippen LogP contribution in [0.15, 0.2) is 158 Å². The van der Waals surface area contributed by atoms with Gasteiger partial charge in [0.05, 0.1) is 23.1 Å². The van der Waals surface area contributed by atoms with Crippen molar-refractivity contribution in [2.24, 2.45) is 5.92 Å². The first kappa shape index (κ1) is 39.9. The van der Waals surface area contributed by atoms with Crippen LogP contribution in [0.25, 0.3) is 22.0 Å². The number of carbonyl (C=O) groups is 2. The molecule has 2 heterocycles. The number of amides is 2. The summed E-state index contributed by atoms with van der Waals surface area (Å²) in [4.78, 5) is 28.3. The lowest BCUT2D eigenvalue weighted by Gasteiger charge is -2.39. The molecule has 0 aliphatic carbocycles. The van der Waals surface area contributed by atoms with Gasteiger partial charge in [-0.05, 0) is 71.0 Å². The van der Waals surface area contributed by atoms with E-state index in [0.717, 1.165) is 16.7 Å². The van der Waals surface area contributed by atoms with Gasteiger partial charge in [-0.1, -0.05) is 139 Å². The lowest BCUT2D eigenvalue weighted by molar-refractivity contribution is -0.189. The van der Waals surface area contributed by atoms with Gasteiger partial charge in [-0.15, -0.1) is 0 Å². The molecule has 8 rings (SSSR count). The van der Waals surface area contributed by atoms with E-state index in [2.05, 4.69) is 11.4 Å². The van der Waals surface area contributed by atoms with Crippen LogP contribution in [0.5, 0.6) is 0 Å². The molecule has 1 aliphatic heterocycles. The average molecular weight is 824 g/mol. The SMILES string of the molecule is N#Cc1ccc(Cl)c(-c2ccc3c(c2)c(NC(=O)[C@@H]2CC[C@@H](C(F)(F)F)N(C(=O)OCc4ccccc4)C2)nn3C(c2ccccc2)(c2ccccc2)c2ccccc2)c1. The van der Waals surface area contributed by atoms with Gasteiger partial charge in [-0.25, -0.2) is 9.48 Å². The fourth-order valence-electron chi connectivity index (χ4n) is 8.10. The average Bonchev–Trinajstić information content (AvgIpc) is 3.64. The lowest BCUT2D eigenvalue weighted by atomic mass is 9.77. The smallest absolute Gasteiger partial charge is 0.410 e. The van der Waals surface area contributed by atoms with Crippen molar-refractivity contribution in [3.05, 3.63) is 191 Å². The van der Waals surface area contributed by atoms with Crippen molar-refractivity contribution in [2.45, 2.75) is 37.2 Å². The summed E-state index contributed by atoms with van der Waals surface area (Å²) < 4.78 is 50.3. The first-order valence-corrected chi connectivity index (χ1v) is 19.7. The predicted molar refractivity (Wildman–Crippen MR) is 224 cm³/mol. The Morgan fingerprint density at radius 1 is 0.783 bits per heavy atom. The van der Waals surface area contributed by atoms with Crippen molar-refractivity contribution in [3.8, 4) is 17.2 Å². The van der Waals surface area contributed by atoms with Gasteiger partial charge >= 0.3 is 12.3 Å². The van der Waals surface area contributed by atoms with Crippen LogP contribution >= 0.6 is 11.6 Å². The monoisotopic (exact) mass is 823 g/mol. The van der Waals surface area contributed by atoms with E-state index in [1.54, 1.807) is 48.5 Å². The molecule has 1 aromatic heterocycles. The molecular weight excluding hydrogens is 787 g/mol. The molecule has 1 fully saturated rings. The molecular formula is C48H37ClF3N5O3. The Morgan fingerprint density at radius 3 is 1.93 bits per heavy atom. The first-order chi connectivity index (χ1) is 29.1. The summed E-state index contributed by atoms with van der Waals surface area (Å²) in [6, 6.07) is 48.7. The number of carbonyl (C=O) groups excluding carboxylic acids is 2. The highest BCUT2D eigenvalue weighted by Crippen LogP contribution is 2.45. The van der Waals surface area contributed by atoms with Gasteiger partial charge in [0, 0.05) is 22.5 Å². The number of likely N-dealkylation sites (tertiary alicyclic amines) is 1. The van der Waals surface area contributed by atoms with E-state index in [0.29, 0.717) is 43.1 Å². The Morgan fingerprint density at radius 2 is 1.37 bits per heavy atom. The largest absolute Gasteiger partial charge is 0.445 e. The van der Waals surface area contributed by atoms with Crippen molar-refractivity contribution < 1.29 is 27.5 Å². The van der Waals surface area contributed by atoms with Crippen LogP contribution in [0.2, 0.25) is 5.02 Å². The number of alkyl halides is 3. The summed E-state index contributed by atoms with van der Waals surface area (Å²) in [5, 5.41) is 18.8. The summed E-state index contributed by atoms with van der Waals surface area (Å²) in [7, 11) is 0. The third-order valence-electron chi connectivity index (χ3n) is 11.0. The van der Waals surface area contributed by atoms with E-state index in [1.807, 2.05) is 114 Å². The van der Waals surface area contributed by atoms with Crippen LogP contribution in [0.4, 0.5) is 23.8 Å². The minimum absolute atomic E-state index is 0.138. The van der Waals surface area contributed by atoms with Gasteiger partial charge in [0.15, 0.2) is 5.82 Å². The number of nitrogens with zero attached hydrogens (tertiary/aromatic N) is 4. The number of halogens is 4. The number of nitrogens with one attached hydrogen (secondary N) is 1. The zero-order valence-electron chi connectivity index (χ0n) is 32.0. The highest BCUT2D eigenvalue weighted by atomic mass is 35.5.